The molecule has 6 nitrogen and oxygen atoms in total. The maximum atomic E-state index is 12.5. The summed E-state index contributed by atoms with van der Waals surface area (Å²) in [5.41, 5.74) is 1.28. The standard InChI is InChI=1S/C18H18BrN3O3/c19-13-8-12(9-20-10-13)17(23)22-16-6-2-1-5-15(16)18(24)21-11-14-4-3-7-25-14/h1-2,5-6,8-10,14H,3-4,7,11H2,(H,21,24)(H,22,23). The fourth-order valence-electron chi connectivity index (χ4n) is 2.63. The first-order valence-electron chi connectivity index (χ1n) is 8.04. The minimum atomic E-state index is -0.326. The zero-order valence-electron chi connectivity index (χ0n) is 13.5. The molecule has 0 bridgehead atoms. The van der Waals surface area contributed by atoms with Crippen LogP contribution in [0.1, 0.15) is 33.6 Å². The molecule has 0 saturated carbocycles. The van der Waals surface area contributed by atoms with Gasteiger partial charge in [0.15, 0.2) is 0 Å². The number of halogens is 1. The maximum absolute atomic E-state index is 12.5. The number of nitrogens with zero attached hydrogens (tertiary/aromatic N) is 1. The molecule has 7 heteroatoms. The van der Waals surface area contributed by atoms with Gasteiger partial charge in [0.2, 0.25) is 0 Å². The van der Waals surface area contributed by atoms with Gasteiger partial charge in [0, 0.05) is 30.0 Å². The fraction of sp³-hybridized carbons (Fsp3) is 0.278. The first kappa shape index (κ1) is 17.6. The summed E-state index contributed by atoms with van der Waals surface area (Å²) in [6.07, 6.45) is 5.12. The van der Waals surface area contributed by atoms with Crippen molar-refractivity contribution in [1.29, 1.82) is 0 Å². The molecule has 3 rings (SSSR count). The van der Waals surface area contributed by atoms with Gasteiger partial charge in [0.25, 0.3) is 11.8 Å². The number of aromatic nitrogens is 1. The van der Waals surface area contributed by atoms with Gasteiger partial charge in [-0.15, -0.1) is 0 Å². The highest BCUT2D eigenvalue weighted by molar-refractivity contribution is 9.10. The number of hydrogen-bond donors (Lipinski definition) is 2. The minimum Gasteiger partial charge on any atom is -0.376 e. The molecule has 0 aliphatic carbocycles. The smallest absolute Gasteiger partial charge is 0.257 e. The van der Waals surface area contributed by atoms with Crippen molar-refractivity contribution in [3.8, 4) is 0 Å². The average molecular weight is 404 g/mol. The summed E-state index contributed by atoms with van der Waals surface area (Å²) in [7, 11) is 0. The molecule has 1 aliphatic rings. The van der Waals surface area contributed by atoms with Crippen molar-refractivity contribution in [2.24, 2.45) is 0 Å². The Balaban J connectivity index is 1.69. The molecule has 1 unspecified atom stereocenters. The van der Waals surface area contributed by atoms with Gasteiger partial charge in [-0.1, -0.05) is 12.1 Å². The first-order valence-corrected chi connectivity index (χ1v) is 8.83. The Morgan fingerprint density at radius 2 is 2.08 bits per heavy atom. The van der Waals surface area contributed by atoms with Gasteiger partial charge in [-0.25, -0.2) is 0 Å². The number of nitrogens with one attached hydrogen (secondary N) is 2. The van der Waals surface area contributed by atoms with Gasteiger partial charge in [0.1, 0.15) is 0 Å². The third-order valence-electron chi connectivity index (χ3n) is 3.90. The quantitative estimate of drug-likeness (QED) is 0.803. The topological polar surface area (TPSA) is 80.3 Å². The lowest BCUT2D eigenvalue weighted by atomic mass is 10.1. The largest absolute Gasteiger partial charge is 0.376 e. The number of pyridine rings is 1. The Morgan fingerprint density at radius 3 is 2.84 bits per heavy atom. The van der Waals surface area contributed by atoms with Gasteiger partial charge in [-0.05, 0) is 47.0 Å². The lowest BCUT2D eigenvalue weighted by Gasteiger charge is -2.13. The first-order chi connectivity index (χ1) is 12.1. The van der Waals surface area contributed by atoms with Crippen molar-refractivity contribution in [3.05, 3.63) is 58.3 Å². The second kappa shape index (κ2) is 8.22. The number of ether oxygens (including phenoxy) is 1. The summed E-state index contributed by atoms with van der Waals surface area (Å²) in [4.78, 5) is 28.8. The molecule has 1 aromatic heterocycles. The Hall–Kier alpha value is -2.25. The van der Waals surface area contributed by atoms with Crippen LogP contribution in [0.3, 0.4) is 0 Å². The van der Waals surface area contributed by atoms with Crippen LogP contribution in [0.4, 0.5) is 5.69 Å². The molecule has 25 heavy (non-hydrogen) atoms. The SMILES string of the molecule is O=C(Nc1ccccc1C(=O)NCC1CCCO1)c1cncc(Br)c1. The zero-order chi connectivity index (χ0) is 17.6. The molecule has 1 fully saturated rings. The van der Waals surface area contributed by atoms with E-state index in [1.807, 2.05) is 0 Å². The number of benzene rings is 1. The van der Waals surface area contributed by atoms with Gasteiger partial charge in [0.05, 0.1) is 22.9 Å². The third-order valence-corrected chi connectivity index (χ3v) is 4.33. The van der Waals surface area contributed by atoms with E-state index >= 15 is 0 Å². The predicted molar refractivity (Wildman–Crippen MR) is 97.6 cm³/mol. The molecule has 0 spiro atoms. The van der Waals surface area contributed by atoms with Crippen LogP contribution >= 0.6 is 15.9 Å². The van der Waals surface area contributed by atoms with Crippen LogP contribution in [0.15, 0.2) is 47.2 Å². The average Bonchev–Trinajstić information content (AvgIpc) is 3.13. The van der Waals surface area contributed by atoms with E-state index in [4.69, 9.17) is 4.74 Å². The summed E-state index contributed by atoms with van der Waals surface area (Å²) in [5.74, 6) is -0.563. The van der Waals surface area contributed by atoms with E-state index in [1.54, 1.807) is 36.5 Å². The predicted octanol–water partition coefficient (Wildman–Crippen LogP) is 3.01. The summed E-state index contributed by atoms with van der Waals surface area (Å²) >= 11 is 3.29. The van der Waals surface area contributed by atoms with Crippen molar-refractivity contribution < 1.29 is 14.3 Å². The lowest BCUT2D eigenvalue weighted by Crippen LogP contribution is -2.32. The van der Waals surface area contributed by atoms with Gasteiger partial charge >= 0.3 is 0 Å². The van der Waals surface area contributed by atoms with Crippen molar-refractivity contribution in [2.45, 2.75) is 18.9 Å². The highest BCUT2D eigenvalue weighted by atomic mass is 79.9. The highest BCUT2D eigenvalue weighted by Crippen LogP contribution is 2.18. The van der Waals surface area contributed by atoms with Crippen LogP contribution in [0, 0.1) is 0 Å². The van der Waals surface area contributed by atoms with Crippen molar-refractivity contribution in [1.82, 2.24) is 10.3 Å². The van der Waals surface area contributed by atoms with Crippen molar-refractivity contribution in [3.63, 3.8) is 0 Å². The Labute approximate surface area is 154 Å². The summed E-state index contributed by atoms with van der Waals surface area (Å²) < 4.78 is 6.22. The molecule has 1 saturated heterocycles. The highest BCUT2D eigenvalue weighted by Gasteiger charge is 2.18. The number of rotatable bonds is 5. The second-order valence-electron chi connectivity index (χ2n) is 5.74. The minimum absolute atomic E-state index is 0.0680. The molecule has 2 heterocycles. The van der Waals surface area contributed by atoms with Crippen LogP contribution in [-0.2, 0) is 4.74 Å². The summed E-state index contributed by atoms with van der Waals surface area (Å²) in [6.45, 7) is 1.21. The molecular formula is C18H18BrN3O3. The van der Waals surface area contributed by atoms with Gasteiger partial charge < -0.3 is 15.4 Å². The van der Waals surface area contributed by atoms with E-state index in [9.17, 15) is 9.59 Å². The lowest BCUT2D eigenvalue weighted by molar-refractivity contribution is 0.0858. The normalized spacial score (nSPS) is 16.4. The monoisotopic (exact) mass is 403 g/mol. The molecule has 1 aromatic carbocycles. The van der Waals surface area contributed by atoms with Crippen molar-refractivity contribution in [2.75, 3.05) is 18.5 Å². The van der Waals surface area contributed by atoms with Crippen LogP contribution < -0.4 is 10.6 Å². The molecule has 0 radical (unpaired) electrons. The van der Waals surface area contributed by atoms with Gasteiger partial charge in [-0.3, -0.25) is 14.6 Å². The molecule has 1 aliphatic heterocycles. The van der Waals surface area contributed by atoms with Crippen LogP contribution in [0.25, 0.3) is 0 Å². The Bertz CT molecular complexity index is 776. The van der Waals surface area contributed by atoms with Crippen LogP contribution in [-0.4, -0.2) is 36.1 Å². The summed E-state index contributed by atoms with van der Waals surface area (Å²) in [5, 5.41) is 5.64. The Morgan fingerprint density at radius 1 is 1.24 bits per heavy atom. The number of carbonyl (C=O) groups is 2. The second-order valence-corrected chi connectivity index (χ2v) is 6.65. The van der Waals surface area contributed by atoms with Gasteiger partial charge in [-0.2, -0.15) is 0 Å². The van der Waals surface area contributed by atoms with E-state index in [0.29, 0.717) is 27.8 Å². The number of carbonyl (C=O) groups excluding carboxylic acids is 2. The molecule has 1 atom stereocenters. The number of hydrogen-bond acceptors (Lipinski definition) is 4. The summed E-state index contributed by atoms with van der Waals surface area (Å²) in [6, 6.07) is 8.58. The molecular weight excluding hydrogens is 386 g/mol. The van der Waals surface area contributed by atoms with Crippen molar-refractivity contribution >= 4 is 33.4 Å². The zero-order valence-corrected chi connectivity index (χ0v) is 15.1. The molecule has 2 amide bonds. The molecule has 2 N–H and O–H groups in total. The van der Waals surface area contributed by atoms with E-state index in [-0.39, 0.29) is 17.9 Å². The maximum Gasteiger partial charge on any atom is 0.257 e. The third kappa shape index (κ3) is 4.64. The van der Waals surface area contributed by atoms with E-state index in [1.165, 1.54) is 6.20 Å². The number of anilines is 1. The fourth-order valence-corrected chi connectivity index (χ4v) is 2.99. The van der Waals surface area contributed by atoms with E-state index in [0.717, 1.165) is 19.4 Å². The number of amides is 2. The van der Waals surface area contributed by atoms with Crippen LogP contribution in [0.5, 0.6) is 0 Å². The molecule has 130 valence electrons. The van der Waals surface area contributed by atoms with Crippen LogP contribution in [0.2, 0.25) is 0 Å². The van der Waals surface area contributed by atoms with E-state index in [2.05, 4.69) is 31.5 Å². The number of para-hydroxylation sites is 1. The molecule has 2 aromatic rings. The Kier molecular flexibility index (Phi) is 5.78. The van der Waals surface area contributed by atoms with E-state index < -0.39 is 0 Å².